The summed E-state index contributed by atoms with van der Waals surface area (Å²) in [5, 5.41) is 3.00. The molecule has 0 radical (unpaired) electrons. The highest BCUT2D eigenvalue weighted by molar-refractivity contribution is 9.10. The van der Waals surface area contributed by atoms with Gasteiger partial charge in [0.25, 0.3) is 5.56 Å². The highest BCUT2D eigenvalue weighted by atomic mass is 79.9. The number of hydrogen-bond donors (Lipinski definition) is 1. The first-order valence-corrected chi connectivity index (χ1v) is 6.78. The molecular formula is C15H10BrFN2O. The molecule has 20 heavy (non-hydrogen) atoms. The predicted molar refractivity (Wildman–Crippen MR) is 79.5 cm³/mol. The molecule has 0 unspecified atom stereocenters. The fourth-order valence-electron chi connectivity index (χ4n) is 2.01. The van der Waals surface area contributed by atoms with Gasteiger partial charge in [0.05, 0.1) is 11.4 Å². The fourth-order valence-corrected chi connectivity index (χ4v) is 2.50. The molecule has 0 saturated heterocycles. The lowest BCUT2D eigenvalue weighted by Gasteiger charge is -2.02. The number of H-pyrrole nitrogens is 1. The Morgan fingerprint density at radius 1 is 1.05 bits per heavy atom. The van der Waals surface area contributed by atoms with Crippen molar-refractivity contribution in [3.05, 3.63) is 75.2 Å². The second-order valence-electron chi connectivity index (χ2n) is 4.29. The number of rotatable bonds is 2. The first-order valence-electron chi connectivity index (χ1n) is 5.98. The van der Waals surface area contributed by atoms with Crippen LogP contribution in [-0.4, -0.2) is 9.78 Å². The topological polar surface area (TPSA) is 37.8 Å². The van der Waals surface area contributed by atoms with Crippen LogP contribution in [0, 0.1) is 5.82 Å². The van der Waals surface area contributed by atoms with Gasteiger partial charge in [-0.2, -0.15) is 0 Å². The summed E-state index contributed by atoms with van der Waals surface area (Å²) < 4.78 is 15.0. The Morgan fingerprint density at radius 2 is 1.80 bits per heavy atom. The first kappa shape index (κ1) is 12.9. The Labute approximate surface area is 122 Å². The summed E-state index contributed by atoms with van der Waals surface area (Å²) in [6, 6.07) is 15.3. The molecule has 0 amide bonds. The minimum Gasteiger partial charge on any atom is -0.289 e. The molecule has 0 aliphatic carbocycles. The minimum atomic E-state index is -0.388. The van der Waals surface area contributed by atoms with Gasteiger partial charge < -0.3 is 0 Å². The van der Waals surface area contributed by atoms with Gasteiger partial charge in [-0.15, -0.1) is 0 Å². The van der Waals surface area contributed by atoms with Crippen LogP contribution in [0.25, 0.3) is 16.9 Å². The van der Waals surface area contributed by atoms with E-state index in [1.54, 1.807) is 12.1 Å². The van der Waals surface area contributed by atoms with E-state index in [1.807, 2.05) is 30.3 Å². The van der Waals surface area contributed by atoms with Crippen LogP contribution in [0.15, 0.2) is 63.9 Å². The van der Waals surface area contributed by atoms with E-state index in [-0.39, 0.29) is 11.4 Å². The van der Waals surface area contributed by atoms with Crippen molar-refractivity contribution in [2.75, 3.05) is 0 Å². The van der Waals surface area contributed by atoms with Gasteiger partial charge in [0.2, 0.25) is 0 Å². The first-order chi connectivity index (χ1) is 9.66. The van der Waals surface area contributed by atoms with E-state index in [9.17, 15) is 9.18 Å². The van der Waals surface area contributed by atoms with Crippen molar-refractivity contribution in [2.24, 2.45) is 0 Å². The quantitative estimate of drug-likeness (QED) is 0.762. The summed E-state index contributed by atoms with van der Waals surface area (Å²) in [6.45, 7) is 0. The molecule has 0 bridgehead atoms. The van der Waals surface area contributed by atoms with Crippen molar-refractivity contribution < 1.29 is 4.39 Å². The number of hydrogen-bond acceptors (Lipinski definition) is 1. The number of nitrogens with zero attached hydrogens (tertiary/aromatic N) is 1. The largest absolute Gasteiger partial charge is 0.289 e. The van der Waals surface area contributed by atoms with Crippen molar-refractivity contribution >= 4 is 15.9 Å². The standard InChI is InChI=1S/C15H10BrFN2O/c16-13-14(10-5-2-1-3-6-10)18-19(15(13)20)12-8-4-7-11(17)9-12/h1-9,18H. The van der Waals surface area contributed by atoms with Gasteiger partial charge in [-0.1, -0.05) is 36.4 Å². The van der Waals surface area contributed by atoms with Gasteiger partial charge >= 0.3 is 0 Å². The molecule has 0 fully saturated rings. The Bertz CT molecular complexity index is 808. The third-order valence-corrected chi connectivity index (χ3v) is 3.70. The molecule has 1 N–H and O–H groups in total. The molecule has 0 aliphatic heterocycles. The van der Waals surface area contributed by atoms with E-state index in [4.69, 9.17) is 0 Å². The zero-order chi connectivity index (χ0) is 14.1. The lowest BCUT2D eigenvalue weighted by Crippen LogP contribution is -2.14. The van der Waals surface area contributed by atoms with Crippen molar-refractivity contribution in [2.45, 2.75) is 0 Å². The van der Waals surface area contributed by atoms with Gasteiger partial charge in [0.15, 0.2) is 0 Å². The maximum absolute atomic E-state index is 13.3. The van der Waals surface area contributed by atoms with Crippen molar-refractivity contribution in [3.8, 4) is 16.9 Å². The van der Waals surface area contributed by atoms with Crippen molar-refractivity contribution in [1.29, 1.82) is 0 Å². The van der Waals surface area contributed by atoms with E-state index < -0.39 is 0 Å². The molecular weight excluding hydrogens is 323 g/mol. The lowest BCUT2D eigenvalue weighted by atomic mass is 10.2. The molecule has 2 aromatic carbocycles. The summed E-state index contributed by atoms with van der Waals surface area (Å²) in [6.07, 6.45) is 0. The second-order valence-corrected chi connectivity index (χ2v) is 5.08. The number of aromatic nitrogens is 2. The van der Waals surface area contributed by atoms with E-state index >= 15 is 0 Å². The number of nitrogens with one attached hydrogen (secondary N) is 1. The van der Waals surface area contributed by atoms with Crippen LogP contribution in [-0.2, 0) is 0 Å². The summed E-state index contributed by atoms with van der Waals surface area (Å²) in [5.74, 6) is -0.388. The molecule has 3 nitrogen and oxygen atoms in total. The van der Waals surface area contributed by atoms with Gasteiger partial charge in [-0.25, -0.2) is 9.07 Å². The molecule has 3 aromatic rings. The smallest absolute Gasteiger partial charge is 0.286 e. The summed E-state index contributed by atoms with van der Waals surface area (Å²) >= 11 is 3.30. The van der Waals surface area contributed by atoms with E-state index in [2.05, 4.69) is 21.0 Å². The fraction of sp³-hybridized carbons (Fsp3) is 0. The number of halogens is 2. The molecule has 1 heterocycles. The number of aromatic amines is 1. The molecule has 5 heteroatoms. The van der Waals surface area contributed by atoms with Gasteiger partial charge in [-0.3, -0.25) is 9.89 Å². The van der Waals surface area contributed by atoms with Crippen LogP contribution >= 0.6 is 15.9 Å². The van der Waals surface area contributed by atoms with E-state index in [1.165, 1.54) is 16.8 Å². The number of benzene rings is 2. The summed E-state index contributed by atoms with van der Waals surface area (Å²) in [7, 11) is 0. The Morgan fingerprint density at radius 3 is 2.50 bits per heavy atom. The average molecular weight is 333 g/mol. The minimum absolute atomic E-state index is 0.255. The van der Waals surface area contributed by atoms with Crippen molar-refractivity contribution in [3.63, 3.8) is 0 Å². The van der Waals surface area contributed by atoms with Crippen LogP contribution in [0.4, 0.5) is 4.39 Å². The van der Waals surface area contributed by atoms with Gasteiger partial charge in [0, 0.05) is 5.56 Å². The van der Waals surface area contributed by atoms with Crippen LogP contribution < -0.4 is 5.56 Å². The van der Waals surface area contributed by atoms with Crippen LogP contribution in [0.5, 0.6) is 0 Å². The zero-order valence-electron chi connectivity index (χ0n) is 10.3. The van der Waals surface area contributed by atoms with Gasteiger partial charge in [-0.05, 0) is 34.1 Å². The normalized spacial score (nSPS) is 10.7. The molecule has 100 valence electrons. The highest BCUT2D eigenvalue weighted by Gasteiger charge is 2.14. The third kappa shape index (κ3) is 2.20. The van der Waals surface area contributed by atoms with Crippen molar-refractivity contribution in [1.82, 2.24) is 9.78 Å². The SMILES string of the molecule is O=c1c(Br)c(-c2ccccc2)[nH]n1-c1cccc(F)c1. The highest BCUT2D eigenvalue weighted by Crippen LogP contribution is 2.24. The Kier molecular flexibility index (Phi) is 3.28. The Balaban J connectivity index is 2.18. The zero-order valence-corrected chi connectivity index (χ0v) is 11.9. The summed E-state index contributed by atoms with van der Waals surface area (Å²) in [4.78, 5) is 12.2. The van der Waals surface area contributed by atoms with Crippen LogP contribution in [0.2, 0.25) is 0 Å². The molecule has 0 saturated carbocycles. The molecule has 3 rings (SSSR count). The maximum Gasteiger partial charge on any atom is 0.286 e. The van der Waals surface area contributed by atoms with Gasteiger partial charge in [0.1, 0.15) is 10.3 Å². The molecule has 0 atom stereocenters. The van der Waals surface area contributed by atoms with Crippen LogP contribution in [0.3, 0.4) is 0 Å². The lowest BCUT2D eigenvalue weighted by molar-refractivity contribution is 0.625. The maximum atomic E-state index is 13.3. The Hall–Kier alpha value is -2.14. The third-order valence-electron chi connectivity index (χ3n) is 2.96. The predicted octanol–water partition coefficient (Wildman–Crippen LogP) is 3.73. The summed E-state index contributed by atoms with van der Waals surface area (Å²) in [5.41, 5.74) is 1.75. The second kappa shape index (κ2) is 5.09. The molecule has 0 aliphatic rings. The molecule has 0 spiro atoms. The van der Waals surface area contributed by atoms with E-state index in [0.29, 0.717) is 15.9 Å². The average Bonchev–Trinajstić information content (AvgIpc) is 2.76. The monoisotopic (exact) mass is 332 g/mol. The van der Waals surface area contributed by atoms with E-state index in [0.717, 1.165) is 5.56 Å². The van der Waals surface area contributed by atoms with Crippen LogP contribution in [0.1, 0.15) is 0 Å². The molecule has 1 aromatic heterocycles.